The van der Waals surface area contributed by atoms with Gasteiger partial charge in [0.1, 0.15) is 11.4 Å². The number of ether oxygens (including phenoxy) is 1. The second kappa shape index (κ2) is 8.60. The minimum atomic E-state index is -4.34. The Kier molecular flexibility index (Phi) is 5.73. The third kappa shape index (κ3) is 4.35. The molecular formula is C23H25F3N6O2. The molecule has 2 aliphatic rings. The summed E-state index contributed by atoms with van der Waals surface area (Å²) in [6.45, 7) is 3.79. The van der Waals surface area contributed by atoms with Crippen LogP contribution >= 0.6 is 0 Å². The first-order valence-corrected chi connectivity index (χ1v) is 11.3. The third-order valence-corrected chi connectivity index (χ3v) is 6.52. The number of aromatic nitrogens is 5. The van der Waals surface area contributed by atoms with E-state index in [0.717, 1.165) is 0 Å². The second-order valence-corrected chi connectivity index (χ2v) is 9.00. The number of morpholine rings is 1. The fourth-order valence-electron chi connectivity index (χ4n) is 4.68. The molecule has 2 N–H and O–H groups in total. The number of aliphatic hydroxyl groups is 1. The zero-order valence-electron chi connectivity index (χ0n) is 18.6. The van der Waals surface area contributed by atoms with E-state index in [1.807, 2.05) is 13.0 Å². The van der Waals surface area contributed by atoms with Gasteiger partial charge in [0.2, 0.25) is 0 Å². The van der Waals surface area contributed by atoms with Crippen molar-refractivity contribution in [1.82, 2.24) is 25.0 Å². The van der Waals surface area contributed by atoms with Crippen LogP contribution in [-0.4, -0.2) is 67.6 Å². The SMILES string of the molecule is C[C@@H]1COCCN1c1cc(C#CC2(O)CCCC(C(F)(F)F)C2)c2cnn(-c3ccn[nH]3)c2n1. The summed E-state index contributed by atoms with van der Waals surface area (Å²) in [7, 11) is 0. The van der Waals surface area contributed by atoms with E-state index in [-0.39, 0.29) is 25.3 Å². The van der Waals surface area contributed by atoms with Gasteiger partial charge in [-0.05, 0) is 38.7 Å². The molecule has 3 aromatic rings. The number of nitrogens with one attached hydrogen (secondary N) is 1. The molecule has 0 spiro atoms. The van der Waals surface area contributed by atoms with Gasteiger partial charge in [-0.3, -0.25) is 5.10 Å². The first-order chi connectivity index (χ1) is 16.2. The molecule has 2 unspecified atom stereocenters. The van der Waals surface area contributed by atoms with Crippen molar-refractivity contribution in [3.8, 4) is 17.7 Å². The lowest BCUT2D eigenvalue weighted by atomic mass is 9.78. The second-order valence-electron chi connectivity index (χ2n) is 9.00. The number of nitrogens with zero attached hydrogens (tertiary/aromatic N) is 5. The van der Waals surface area contributed by atoms with E-state index < -0.39 is 24.1 Å². The van der Waals surface area contributed by atoms with Crippen LogP contribution in [-0.2, 0) is 4.74 Å². The van der Waals surface area contributed by atoms with Crippen molar-refractivity contribution >= 4 is 16.9 Å². The predicted molar refractivity (Wildman–Crippen MR) is 118 cm³/mol. The highest BCUT2D eigenvalue weighted by Gasteiger charge is 2.46. The Hall–Kier alpha value is -3.10. The molecule has 8 nitrogen and oxygen atoms in total. The zero-order valence-corrected chi connectivity index (χ0v) is 18.6. The van der Waals surface area contributed by atoms with E-state index in [9.17, 15) is 18.3 Å². The van der Waals surface area contributed by atoms with Crippen molar-refractivity contribution in [3.63, 3.8) is 0 Å². The number of hydrogen-bond donors (Lipinski definition) is 2. The highest BCUT2D eigenvalue weighted by Crippen LogP contribution is 2.41. The van der Waals surface area contributed by atoms with Crippen LogP contribution in [0.5, 0.6) is 0 Å². The van der Waals surface area contributed by atoms with Gasteiger partial charge in [0.05, 0.1) is 43.0 Å². The maximum atomic E-state index is 13.3. The number of fused-ring (bicyclic) bond motifs is 1. The van der Waals surface area contributed by atoms with Crippen LogP contribution in [0.3, 0.4) is 0 Å². The predicted octanol–water partition coefficient (Wildman–Crippen LogP) is 3.20. The summed E-state index contributed by atoms with van der Waals surface area (Å²) in [5, 5.41) is 22.8. The number of hydrogen-bond acceptors (Lipinski definition) is 6. The number of aromatic amines is 1. The third-order valence-electron chi connectivity index (χ3n) is 6.52. The Bertz CT molecular complexity index is 1230. The summed E-state index contributed by atoms with van der Waals surface area (Å²) in [4.78, 5) is 6.93. The minimum absolute atomic E-state index is 0.0169. The van der Waals surface area contributed by atoms with Gasteiger partial charge in [0.15, 0.2) is 11.5 Å². The Morgan fingerprint density at radius 1 is 1.35 bits per heavy atom. The molecule has 4 heterocycles. The van der Waals surface area contributed by atoms with Gasteiger partial charge in [0.25, 0.3) is 0 Å². The van der Waals surface area contributed by atoms with Crippen LogP contribution in [0.15, 0.2) is 24.5 Å². The van der Waals surface area contributed by atoms with E-state index in [1.165, 1.54) is 0 Å². The number of rotatable bonds is 2. The lowest BCUT2D eigenvalue weighted by Crippen LogP contribution is -2.44. The maximum absolute atomic E-state index is 13.3. The molecular weight excluding hydrogens is 449 g/mol. The fraction of sp³-hybridized carbons (Fsp3) is 0.522. The molecule has 3 atom stereocenters. The van der Waals surface area contributed by atoms with Crippen molar-refractivity contribution < 1.29 is 23.0 Å². The molecule has 180 valence electrons. The van der Waals surface area contributed by atoms with Gasteiger partial charge in [0, 0.05) is 18.2 Å². The molecule has 1 saturated heterocycles. The van der Waals surface area contributed by atoms with Crippen LogP contribution < -0.4 is 4.90 Å². The largest absolute Gasteiger partial charge is 0.391 e. The van der Waals surface area contributed by atoms with Gasteiger partial charge in [-0.15, -0.1) is 0 Å². The average molecular weight is 474 g/mol. The number of alkyl halides is 3. The Balaban J connectivity index is 1.58. The molecule has 2 fully saturated rings. The van der Waals surface area contributed by atoms with Crippen molar-refractivity contribution in [2.75, 3.05) is 24.7 Å². The average Bonchev–Trinajstić information content (AvgIpc) is 3.47. The van der Waals surface area contributed by atoms with Crippen molar-refractivity contribution in [1.29, 1.82) is 0 Å². The lowest BCUT2D eigenvalue weighted by Gasteiger charge is -2.34. The van der Waals surface area contributed by atoms with E-state index >= 15 is 0 Å². The van der Waals surface area contributed by atoms with Crippen LogP contribution in [0.25, 0.3) is 16.9 Å². The molecule has 0 aromatic carbocycles. The smallest absolute Gasteiger partial charge is 0.378 e. The number of anilines is 1. The summed E-state index contributed by atoms with van der Waals surface area (Å²) < 4.78 is 47.0. The molecule has 1 aliphatic heterocycles. The molecule has 0 radical (unpaired) electrons. The van der Waals surface area contributed by atoms with Crippen molar-refractivity contribution in [3.05, 3.63) is 30.1 Å². The normalized spacial score (nSPS) is 25.9. The van der Waals surface area contributed by atoms with E-state index in [4.69, 9.17) is 9.72 Å². The molecule has 34 heavy (non-hydrogen) atoms. The highest BCUT2D eigenvalue weighted by molar-refractivity contribution is 5.85. The maximum Gasteiger partial charge on any atom is 0.391 e. The number of pyridine rings is 1. The quantitative estimate of drug-likeness (QED) is 0.555. The first kappa shape index (κ1) is 22.7. The number of halogens is 3. The van der Waals surface area contributed by atoms with E-state index in [1.54, 1.807) is 23.1 Å². The highest BCUT2D eigenvalue weighted by atomic mass is 19.4. The van der Waals surface area contributed by atoms with Gasteiger partial charge in [-0.2, -0.15) is 28.1 Å². The Morgan fingerprint density at radius 2 is 2.21 bits per heavy atom. The van der Waals surface area contributed by atoms with Crippen LogP contribution in [0.4, 0.5) is 19.0 Å². The molecule has 11 heteroatoms. The van der Waals surface area contributed by atoms with Gasteiger partial charge >= 0.3 is 6.18 Å². The minimum Gasteiger partial charge on any atom is -0.378 e. The van der Waals surface area contributed by atoms with Gasteiger partial charge in [-0.1, -0.05) is 11.8 Å². The molecule has 0 amide bonds. The zero-order chi connectivity index (χ0) is 23.9. The topological polar surface area (TPSA) is 92.1 Å². The lowest BCUT2D eigenvalue weighted by molar-refractivity contribution is -0.194. The van der Waals surface area contributed by atoms with Crippen LogP contribution in [0, 0.1) is 17.8 Å². The number of H-pyrrole nitrogens is 1. The summed E-state index contributed by atoms with van der Waals surface area (Å²) in [6.07, 6.45) is -1.04. The standard InChI is InChI=1S/C23H25F3N6O2/c1-15-14-34-10-9-31(15)20-11-16(4-7-22(33)6-2-3-17(12-22)23(24,25)26)18-13-28-32(21(18)29-20)19-5-8-27-30-19/h5,8,11,13,15,17,33H,2-3,6,9-10,12,14H2,1H3,(H,27,30)/t15-,17?,22?/m1/s1. The summed E-state index contributed by atoms with van der Waals surface area (Å²) >= 11 is 0. The monoisotopic (exact) mass is 474 g/mol. The van der Waals surface area contributed by atoms with Crippen molar-refractivity contribution in [2.24, 2.45) is 5.92 Å². The van der Waals surface area contributed by atoms with Crippen LogP contribution in [0.1, 0.15) is 38.2 Å². The van der Waals surface area contributed by atoms with Crippen molar-refractivity contribution in [2.45, 2.75) is 50.4 Å². The van der Waals surface area contributed by atoms with E-state index in [0.29, 0.717) is 48.0 Å². The summed E-state index contributed by atoms with van der Waals surface area (Å²) in [5.74, 6) is 5.48. The molecule has 0 bridgehead atoms. The Morgan fingerprint density at radius 3 is 2.94 bits per heavy atom. The molecule has 1 saturated carbocycles. The van der Waals surface area contributed by atoms with E-state index in [2.05, 4.69) is 32.0 Å². The first-order valence-electron chi connectivity index (χ1n) is 11.3. The molecule has 1 aliphatic carbocycles. The Labute approximate surface area is 194 Å². The fourth-order valence-corrected chi connectivity index (χ4v) is 4.68. The van der Waals surface area contributed by atoms with Crippen LogP contribution in [0.2, 0.25) is 0 Å². The van der Waals surface area contributed by atoms with Gasteiger partial charge < -0.3 is 14.7 Å². The van der Waals surface area contributed by atoms with Gasteiger partial charge in [-0.25, -0.2) is 4.98 Å². The molecule has 3 aromatic heterocycles. The molecule has 5 rings (SSSR count). The summed E-state index contributed by atoms with van der Waals surface area (Å²) in [5.41, 5.74) is -0.611. The summed E-state index contributed by atoms with van der Waals surface area (Å²) in [6, 6.07) is 3.65.